The van der Waals surface area contributed by atoms with E-state index in [0.29, 0.717) is 6.04 Å². The van der Waals surface area contributed by atoms with Gasteiger partial charge in [0.05, 0.1) is 0 Å². The summed E-state index contributed by atoms with van der Waals surface area (Å²) in [6.07, 6.45) is 3.85. The molecule has 104 valence electrons. The topological polar surface area (TPSA) is 29.9 Å². The Bertz CT molecular complexity index is 641. The number of nitrogens with one attached hydrogen (secondary N) is 1. The maximum absolute atomic E-state index is 4.52. The normalized spacial score (nSPS) is 14.3. The monoisotopic (exact) mass is 303 g/mol. The number of thiophene rings is 2. The first kappa shape index (κ1) is 13.5. The summed E-state index contributed by atoms with van der Waals surface area (Å²) in [5.41, 5.74) is 0. The molecule has 5 heteroatoms. The van der Waals surface area contributed by atoms with Crippen LogP contribution in [0.5, 0.6) is 0 Å². The number of nitrogens with zero attached hydrogens (tertiary/aromatic N) is 2. The van der Waals surface area contributed by atoms with E-state index in [-0.39, 0.29) is 6.04 Å². The molecule has 2 atom stereocenters. The molecule has 0 bridgehead atoms. The third kappa shape index (κ3) is 2.70. The zero-order chi connectivity index (χ0) is 13.9. The Kier molecular flexibility index (Phi) is 4.00. The SMILES string of the molecule is C[C@H](NC(c1cccs1)c1nccn1C)c1cccs1. The van der Waals surface area contributed by atoms with Gasteiger partial charge in [-0.15, -0.1) is 22.7 Å². The van der Waals surface area contributed by atoms with Gasteiger partial charge >= 0.3 is 0 Å². The fraction of sp³-hybridized carbons (Fsp3) is 0.267. The average Bonchev–Trinajstić information content (AvgIpc) is 3.18. The van der Waals surface area contributed by atoms with Crippen molar-refractivity contribution in [2.24, 2.45) is 7.05 Å². The maximum Gasteiger partial charge on any atom is 0.131 e. The molecule has 3 heterocycles. The Morgan fingerprint density at radius 3 is 2.40 bits per heavy atom. The van der Waals surface area contributed by atoms with Gasteiger partial charge in [0.2, 0.25) is 0 Å². The summed E-state index contributed by atoms with van der Waals surface area (Å²) in [5.74, 6) is 1.05. The average molecular weight is 303 g/mol. The van der Waals surface area contributed by atoms with Gasteiger partial charge in [-0.2, -0.15) is 0 Å². The Labute approximate surface area is 126 Å². The second-order valence-corrected chi connectivity index (χ2v) is 6.71. The molecule has 3 rings (SSSR count). The molecule has 3 aromatic heterocycles. The Hall–Kier alpha value is -1.43. The van der Waals surface area contributed by atoms with Crippen LogP contribution >= 0.6 is 22.7 Å². The molecule has 0 aromatic carbocycles. The molecular weight excluding hydrogens is 286 g/mol. The van der Waals surface area contributed by atoms with Crippen LogP contribution in [0.3, 0.4) is 0 Å². The first-order chi connectivity index (χ1) is 9.75. The van der Waals surface area contributed by atoms with Gasteiger partial charge in [0.15, 0.2) is 0 Å². The Morgan fingerprint density at radius 2 is 1.85 bits per heavy atom. The lowest BCUT2D eigenvalue weighted by Gasteiger charge is -2.21. The van der Waals surface area contributed by atoms with Gasteiger partial charge in [-0.25, -0.2) is 4.98 Å². The lowest BCUT2D eigenvalue weighted by Crippen LogP contribution is -2.26. The number of aromatic nitrogens is 2. The molecule has 0 aliphatic carbocycles. The Morgan fingerprint density at radius 1 is 1.15 bits per heavy atom. The van der Waals surface area contributed by atoms with Gasteiger partial charge in [-0.1, -0.05) is 12.1 Å². The number of hydrogen-bond acceptors (Lipinski definition) is 4. The van der Waals surface area contributed by atoms with Crippen molar-refractivity contribution in [3.63, 3.8) is 0 Å². The van der Waals surface area contributed by atoms with Gasteiger partial charge < -0.3 is 4.57 Å². The Balaban J connectivity index is 1.89. The van der Waals surface area contributed by atoms with Crippen molar-refractivity contribution in [3.8, 4) is 0 Å². The van der Waals surface area contributed by atoms with Gasteiger partial charge in [0.25, 0.3) is 0 Å². The summed E-state index contributed by atoms with van der Waals surface area (Å²) in [6.45, 7) is 2.20. The minimum absolute atomic E-state index is 0.132. The number of rotatable bonds is 5. The summed E-state index contributed by atoms with van der Waals surface area (Å²) in [5, 5.41) is 7.94. The second-order valence-electron chi connectivity index (χ2n) is 4.75. The number of aryl methyl sites for hydroxylation is 1. The molecule has 3 aromatic rings. The summed E-state index contributed by atoms with van der Waals surface area (Å²) < 4.78 is 2.08. The van der Waals surface area contributed by atoms with E-state index in [1.165, 1.54) is 9.75 Å². The minimum Gasteiger partial charge on any atom is -0.336 e. The van der Waals surface area contributed by atoms with Crippen molar-refractivity contribution >= 4 is 22.7 Å². The molecule has 0 aliphatic rings. The molecular formula is C15H17N3S2. The summed E-state index contributed by atoms with van der Waals surface area (Å²) in [6, 6.07) is 8.96. The van der Waals surface area contributed by atoms with Crippen molar-refractivity contribution < 1.29 is 0 Å². The molecule has 3 nitrogen and oxygen atoms in total. The number of hydrogen-bond donors (Lipinski definition) is 1. The largest absolute Gasteiger partial charge is 0.336 e. The fourth-order valence-corrected chi connectivity index (χ4v) is 3.79. The van der Waals surface area contributed by atoms with Crippen LogP contribution in [0.15, 0.2) is 47.4 Å². The van der Waals surface area contributed by atoms with E-state index in [0.717, 1.165) is 5.82 Å². The quantitative estimate of drug-likeness (QED) is 0.772. The lowest BCUT2D eigenvalue weighted by atomic mass is 10.1. The predicted octanol–water partition coefficient (Wildman–Crippen LogP) is 3.98. The molecule has 1 N–H and O–H groups in total. The van der Waals surface area contributed by atoms with Crippen molar-refractivity contribution in [2.75, 3.05) is 0 Å². The van der Waals surface area contributed by atoms with E-state index in [1.807, 2.05) is 19.4 Å². The summed E-state index contributed by atoms with van der Waals surface area (Å²) in [7, 11) is 2.04. The maximum atomic E-state index is 4.52. The zero-order valence-electron chi connectivity index (χ0n) is 11.5. The van der Waals surface area contributed by atoms with E-state index < -0.39 is 0 Å². The highest BCUT2D eigenvalue weighted by Gasteiger charge is 2.22. The molecule has 0 amide bonds. The molecule has 0 spiro atoms. The predicted molar refractivity (Wildman–Crippen MR) is 85.2 cm³/mol. The molecule has 0 radical (unpaired) electrons. The van der Waals surface area contributed by atoms with Crippen LogP contribution in [0, 0.1) is 0 Å². The van der Waals surface area contributed by atoms with Crippen LogP contribution in [0.4, 0.5) is 0 Å². The molecule has 1 unspecified atom stereocenters. The highest BCUT2D eigenvalue weighted by molar-refractivity contribution is 7.10. The van der Waals surface area contributed by atoms with Gasteiger partial charge in [0, 0.05) is 35.2 Å². The van der Waals surface area contributed by atoms with Crippen LogP contribution in [-0.2, 0) is 7.05 Å². The minimum atomic E-state index is 0.132. The standard InChI is InChI=1S/C15H17N3S2/c1-11(12-5-3-9-19-12)17-14(13-6-4-10-20-13)15-16-7-8-18(15)2/h3-11,14,17H,1-2H3/t11-,14?/m0/s1. The van der Waals surface area contributed by atoms with Crippen LogP contribution in [0.2, 0.25) is 0 Å². The molecule has 0 aliphatic heterocycles. The smallest absolute Gasteiger partial charge is 0.131 e. The van der Waals surface area contributed by atoms with E-state index in [9.17, 15) is 0 Å². The first-order valence-corrected chi connectivity index (χ1v) is 8.31. The van der Waals surface area contributed by atoms with Crippen molar-refractivity contribution in [2.45, 2.75) is 19.0 Å². The van der Waals surface area contributed by atoms with Crippen LogP contribution < -0.4 is 5.32 Å². The van der Waals surface area contributed by atoms with Crippen molar-refractivity contribution in [1.29, 1.82) is 0 Å². The van der Waals surface area contributed by atoms with Gasteiger partial charge in [-0.05, 0) is 29.8 Å². The zero-order valence-corrected chi connectivity index (χ0v) is 13.1. The summed E-state index contributed by atoms with van der Waals surface area (Å²) in [4.78, 5) is 7.16. The first-order valence-electron chi connectivity index (χ1n) is 6.56. The van der Waals surface area contributed by atoms with Gasteiger partial charge in [0.1, 0.15) is 11.9 Å². The van der Waals surface area contributed by atoms with Crippen LogP contribution in [-0.4, -0.2) is 9.55 Å². The third-order valence-electron chi connectivity index (χ3n) is 3.33. The fourth-order valence-electron chi connectivity index (χ4n) is 2.26. The van der Waals surface area contributed by atoms with Crippen molar-refractivity contribution in [3.05, 3.63) is 63.0 Å². The van der Waals surface area contributed by atoms with E-state index in [1.54, 1.807) is 22.7 Å². The van der Waals surface area contributed by atoms with Crippen LogP contribution in [0.25, 0.3) is 0 Å². The van der Waals surface area contributed by atoms with E-state index >= 15 is 0 Å². The van der Waals surface area contributed by atoms with E-state index in [2.05, 4.69) is 56.8 Å². The lowest BCUT2D eigenvalue weighted by molar-refractivity contribution is 0.499. The molecule has 20 heavy (non-hydrogen) atoms. The second kappa shape index (κ2) is 5.91. The van der Waals surface area contributed by atoms with E-state index in [4.69, 9.17) is 0 Å². The molecule has 0 saturated carbocycles. The molecule has 0 saturated heterocycles. The summed E-state index contributed by atoms with van der Waals surface area (Å²) >= 11 is 3.55. The number of imidazole rings is 1. The highest BCUT2D eigenvalue weighted by atomic mass is 32.1. The highest BCUT2D eigenvalue weighted by Crippen LogP contribution is 2.29. The third-order valence-corrected chi connectivity index (χ3v) is 5.32. The van der Waals surface area contributed by atoms with Crippen LogP contribution in [0.1, 0.15) is 34.6 Å². The molecule has 0 fully saturated rings. The van der Waals surface area contributed by atoms with Gasteiger partial charge in [-0.3, -0.25) is 5.32 Å². The van der Waals surface area contributed by atoms with Crippen molar-refractivity contribution in [1.82, 2.24) is 14.9 Å².